The van der Waals surface area contributed by atoms with Crippen LogP contribution in [-0.2, 0) is 4.79 Å². The summed E-state index contributed by atoms with van der Waals surface area (Å²) in [5, 5.41) is 8.86. The molecule has 0 aliphatic rings. The van der Waals surface area contributed by atoms with E-state index < -0.39 is 5.91 Å². The first-order valence-corrected chi connectivity index (χ1v) is 6.19. The highest BCUT2D eigenvalue weighted by atomic mass is 16.1. The van der Waals surface area contributed by atoms with Gasteiger partial charge < -0.3 is 5.73 Å². The number of primary amides is 1. The SMILES string of the molecule is Cc1ccc(-c2cccc(/C=C(\C#N)C(N)=O)c2)cc1. The molecule has 0 aliphatic carbocycles. The molecule has 0 saturated heterocycles. The highest BCUT2D eigenvalue weighted by Crippen LogP contribution is 2.21. The summed E-state index contributed by atoms with van der Waals surface area (Å²) in [6.07, 6.45) is 1.50. The van der Waals surface area contributed by atoms with Crippen LogP contribution in [-0.4, -0.2) is 5.91 Å². The molecule has 98 valence electrons. The molecule has 2 rings (SSSR count). The molecule has 2 aromatic rings. The standard InChI is InChI=1S/C17H14N2O/c1-12-5-7-14(8-6-12)15-4-2-3-13(9-15)10-16(11-18)17(19)20/h2-10H,1H3,(H2,19,20)/b16-10+. The van der Waals surface area contributed by atoms with Gasteiger partial charge in [0.15, 0.2) is 0 Å². The third kappa shape index (κ3) is 3.12. The molecule has 0 spiro atoms. The number of aryl methyl sites for hydroxylation is 1. The molecule has 20 heavy (non-hydrogen) atoms. The first kappa shape index (κ1) is 13.6. The lowest BCUT2D eigenvalue weighted by atomic mass is 10.0. The molecule has 3 heteroatoms. The molecule has 0 aromatic heterocycles. The summed E-state index contributed by atoms with van der Waals surface area (Å²) >= 11 is 0. The second kappa shape index (κ2) is 5.85. The van der Waals surface area contributed by atoms with Crippen LogP contribution < -0.4 is 5.73 Å². The normalized spacial score (nSPS) is 10.9. The van der Waals surface area contributed by atoms with Gasteiger partial charge in [0.1, 0.15) is 11.6 Å². The molecule has 0 aliphatic heterocycles. The lowest BCUT2D eigenvalue weighted by Crippen LogP contribution is -2.12. The molecule has 1 amide bonds. The van der Waals surface area contributed by atoms with Crippen molar-refractivity contribution in [3.8, 4) is 17.2 Å². The zero-order valence-electron chi connectivity index (χ0n) is 11.1. The number of nitriles is 1. The zero-order chi connectivity index (χ0) is 14.5. The van der Waals surface area contributed by atoms with Crippen molar-refractivity contribution in [2.45, 2.75) is 6.92 Å². The summed E-state index contributed by atoms with van der Waals surface area (Å²) in [5.41, 5.74) is 9.17. The topological polar surface area (TPSA) is 66.9 Å². The van der Waals surface area contributed by atoms with E-state index in [0.717, 1.165) is 16.7 Å². The molecule has 0 bridgehead atoms. The first-order chi connectivity index (χ1) is 9.60. The largest absolute Gasteiger partial charge is 0.365 e. The Labute approximate surface area is 118 Å². The Morgan fingerprint density at radius 3 is 2.45 bits per heavy atom. The Bertz CT molecular complexity index is 707. The first-order valence-electron chi connectivity index (χ1n) is 6.19. The fraction of sp³-hybridized carbons (Fsp3) is 0.0588. The number of nitrogens with zero attached hydrogens (tertiary/aromatic N) is 1. The van der Waals surface area contributed by atoms with Crippen LogP contribution in [0.25, 0.3) is 17.2 Å². The van der Waals surface area contributed by atoms with Crippen LogP contribution in [0.15, 0.2) is 54.1 Å². The van der Waals surface area contributed by atoms with Crippen LogP contribution in [0.3, 0.4) is 0 Å². The summed E-state index contributed by atoms with van der Waals surface area (Å²) in [5.74, 6) is -0.715. The van der Waals surface area contributed by atoms with Gasteiger partial charge in [-0.15, -0.1) is 0 Å². The smallest absolute Gasteiger partial charge is 0.259 e. The predicted molar refractivity (Wildman–Crippen MR) is 79.4 cm³/mol. The fourth-order valence-electron chi connectivity index (χ4n) is 1.88. The van der Waals surface area contributed by atoms with Crippen molar-refractivity contribution in [2.24, 2.45) is 5.73 Å². The zero-order valence-corrected chi connectivity index (χ0v) is 11.1. The maximum atomic E-state index is 11.1. The number of rotatable bonds is 3. The van der Waals surface area contributed by atoms with E-state index in [1.54, 1.807) is 6.07 Å². The van der Waals surface area contributed by atoms with E-state index in [1.165, 1.54) is 11.6 Å². The average molecular weight is 262 g/mol. The lowest BCUT2D eigenvalue weighted by Gasteiger charge is -2.04. The number of carbonyl (C=O) groups is 1. The molecule has 0 atom stereocenters. The van der Waals surface area contributed by atoms with E-state index in [9.17, 15) is 4.79 Å². The molecule has 0 unspecified atom stereocenters. The Kier molecular flexibility index (Phi) is 3.97. The second-order valence-electron chi connectivity index (χ2n) is 4.53. The van der Waals surface area contributed by atoms with Crippen molar-refractivity contribution in [1.29, 1.82) is 5.26 Å². The third-order valence-electron chi connectivity index (χ3n) is 2.97. The molecule has 0 radical (unpaired) electrons. The van der Waals surface area contributed by atoms with Gasteiger partial charge in [0.05, 0.1) is 0 Å². The molecule has 3 nitrogen and oxygen atoms in total. The monoisotopic (exact) mass is 262 g/mol. The van der Waals surface area contributed by atoms with Crippen molar-refractivity contribution in [3.63, 3.8) is 0 Å². The van der Waals surface area contributed by atoms with E-state index in [1.807, 2.05) is 55.5 Å². The van der Waals surface area contributed by atoms with Gasteiger partial charge >= 0.3 is 0 Å². The number of hydrogen-bond donors (Lipinski definition) is 1. The minimum atomic E-state index is -0.715. The summed E-state index contributed by atoms with van der Waals surface area (Å²) in [7, 11) is 0. The van der Waals surface area contributed by atoms with Crippen molar-refractivity contribution >= 4 is 12.0 Å². The molecular weight excluding hydrogens is 248 g/mol. The van der Waals surface area contributed by atoms with E-state index in [-0.39, 0.29) is 5.57 Å². The van der Waals surface area contributed by atoms with E-state index in [0.29, 0.717) is 0 Å². The molecule has 0 fully saturated rings. The van der Waals surface area contributed by atoms with Crippen molar-refractivity contribution in [1.82, 2.24) is 0 Å². The van der Waals surface area contributed by atoms with Crippen molar-refractivity contribution < 1.29 is 4.79 Å². The number of nitrogens with two attached hydrogens (primary N) is 1. The Morgan fingerprint density at radius 1 is 1.15 bits per heavy atom. The van der Waals surface area contributed by atoms with Crippen LogP contribution in [0.5, 0.6) is 0 Å². The van der Waals surface area contributed by atoms with E-state index >= 15 is 0 Å². The number of carbonyl (C=O) groups excluding carboxylic acids is 1. The number of hydrogen-bond acceptors (Lipinski definition) is 2. The minimum Gasteiger partial charge on any atom is -0.365 e. The van der Waals surface area contributed by atoms with Crippen LogP contribution in [0.1, 0.15) is 11.1 Å². The van der Waals surface area contributed by atoms with Crippen LogP contribution >= 0.6 is 0 Å². The van der Waals surface area contributed by atoms with Crippen LogP contribution in [0.2, 0.25) is 0 Å². The lowest BCUT2D eigenvalue weighted by molar-refractivity contribution is -0.114. The van der Waals surface area contributed by atoms with Gasteiger partial charge in [-0.05, 0) is 35.8 Å². The molecule has 0 heterocycles. The Hall–Kier alpha value is -2.86. The third-order valence-corrected chi connectivity index (χ3v) is 2.97. The van der Waals surface area contributed by atoms with Crippen LogP contribution in [0.4, 0.5) is 0 Å². The maximum absolute atomic E-state index is 11.1. The Morgan fingerprint density at radius 2 is 1.85 bits per heavy atom. The predicted octanol–water partition coefficient (Wildman–Crippen LogP) is 3.05. The number of benzene rings is 2. The van der Waals surface area contributed by atoms with Gasteiger partial charge in [-0.1, -0.05) is 48.0 Å². The van der Waals surface area contributed by atoms with Gasteiger partial charge in [0.25, 0.3) is 5.91 Å². The summed E-state index contributed by atoms with van der Waals surface area (Å²) in [6.45, 7) is 2.04. The minimum absolute atomic E-state index is 0.0499. The highest BCUT2D eigenvalue weighted by Gasteiger charge is 2.04. The van der Waals surface area contributed by atoms with Crippen molar-refractivity contribution in [2.75, 3.05) is 0 Å². The fourth-order valence-corrected chi connectivity index (χ4v) is 1.88. The Balaban J connectivity index is 2.41. The summed E-state index contributed by atoms with van der Waals surface area (Å²) in [4.78, 5) is 11.1. The molecule has 2 aromatic carbocycles. The molecular formula is C17H14N2O. The van der Waals surface area contributed by atoms with Gasteiger partial charge in [-0.25, -0.2) is 0 Å². The summed E-state index contributed by atoms with van der Waals surface area (Å²) in [6, 6.07) is 17.6. The molecule has 0 saturated carbocycles. The summed E-state index contributed by atoms with van der Waals surface area (Å²) < 4.78 is 0. The average Bonchev–Trinajstić information content (AvgIpc) is 2.45. The quantitative estimate of drug-likeness (QED) is 0.682. The number of amides is 1. The van der Waals surface area contributed by atoms with Gasteiger partial charge in [0.2, 0.25) is 0 Å². The van der Waals surface area contributed by atoms with E-state index in [4.69, 9.17) is 11.0 Å². The van der Waals surface area contributed by atoms with Crippen molar-refractivity contribution in [3.05, 3.63) is 65.2 Å². The maximum Gasteiger partial charge on any atom is 0.259 e. The van der Waals surface area contributed by atoms with Crippen LogP contribution in [0, 0.1) is 18.3 Å². The van der Waals surface area contributed by atoms with E-state index in [2.05, 4.69) is 0 Å². The van der Waals surface area contributed by atoms with Gasteiger partial charge in [0, 0.05) is 0 Å². The molecule has 2 N–H and O–H groups in total. The second-order valence-corrected chi connectivity index (χ2v) is 4.53. The highest BCUT2D eigenvalue weighted by molar-refractivity contribution is 6.00. The van der Waals surface area contributed by atoms with Gasteiger partial charge in [-0.2, -0.15) is 5.26 Å². The van der Waals surface area contributed by atoms with Gasteiger partial charge in [-0.3, -0.25) is 4.79 Å².